The summed E-state index contributed by atoms with van der Waals surface area (Å²) in [5.41, 5.74) is 0. The summed E-state index contributed by atoms with van der Waals surface area (Å²) in [6.07, 6.45) is 5.08. The van der Waals surface area contributed by atoms with Crippen LogP contribution in [0.5, 0.6) is 0 Å². The minimum absolute atomic E-state index is 0.0292. The highest BCUT2D eigenvalue weighted by Gasteiger charge is 2.32. The molecule has 1 fully saturated rings. The van der Waals surface area contributed by atoms with Crippen molar-refractivity contribution < 1.29 is 13.2 Å². The van der Waals surface area contributed by atoms with Gasteiger partial charge in [-0.2, -0.15) is 0 Å². The van der Waals surface area contributed by atoms with Crippen LogP contribution < -0.4 is 0 Å². The SMILES string of the molecule is CC1CCCC(C(=O)C(C)S(C)(=O)=O)C1. The molecule has 0 N–H and O–H groups in total. The molecule has 0 spiro atoms. The molecule has 3 atom stereocenters. The lowest BCUT2D eigenvalue weighted by atomic mass is 9.80. The third-order valence-corrected chi connectivity index (χ3v) is 4.90. The number of Topliss-reactive ketones (excluding diaryl/α,β-unsaturated/α-hetero) is 1. The van der Waals surface area contributed by atoms with E-state index < -0.39 is 15.1 Å². The van der Waals surface area contributed by atoms with Crippen molar-refractivity contribution in [3.63, 3.8) is 0 Å². The highest BCUT2D eigenvalue weighted by atomic mass is 32.2. The Morgan fingerprint density at radius 3 is 2.40 bits per heavy atom. The third-order valence-electron chi connectivity index (χ3n) is 3.38. The van der Waals surface area contributed by atoms with Crippen molar-refractivity contribution in [2.45, 2.75) is 44.8 Å². The van der Waals surface area contributed by atoms with Crippen LogP contribution >= 0.6 is 0 Å². The van der Waals surface area contributed by atoms with E-state index in [1.165, 1.54) is 6.92 Å². The second-order valence-electron chi connectivity index (χ2n) is 4.84. The number of rotatable bonds is 3. The summed E-state index contributed by atoms with van der Waals surface area (Å²) in [6, 6.07) is 0. The molecule has 15 heavy (non-hydrogen) atoms. The summed E-state index contributed by atoms with van der Waals surface area (Å²) >= 11 is 0. The van der Waals surface area contributed by atoms with E-state index in [-0.39, 0.29) is 11.7 Å². The van der Waals surface area contributed by atoms with Crippen LogP contribution in [0.3, 0.4) is 0 Å². The average molecular weight is 232 g/mol. The molecule has 1 rings (SSSR count). The molecule has 3 nitrogen and oxygen atoms in total. The topological polar surface area (TPSA) is 51.2 Å². The van der Waals surface area contributed by atoms with Crippen molar-refractivity contribution >= 4 is 15.6 Å². The maximum absolute atomic E-state index is 11.9. The highest BCUT2D eigenvalue weighted by molar-refractivity contribution is 7.92. The lowest BCUT2D eigenvalue weighted by Crippen LogP contribution is -2.34. The number of carbonyl (C=O) groups is 1. The number of hydrogen-bond donors (Lipinski definition) is 0. The smallest absolute Gasteiger partial charge is 0.157 e. The number of hydrogen-bond acceptors (Lipinski definition) is 3. The lowest BCUT2D eigenvalue weighted by Gasteiger charge is -2.27. The van der Waals surface area contributed by atoms with E-state index in [4.69, 9.17) is 0 Å². The Balaban J connectivity index is 2.68. The summed E-state index contributed by atoms with van der Waals surface area (Å²) in [4.78, 5) is 11.9. The number of carbonyl (C=O) groups excluding carboxylic acids is 1. The second-order valence-corrected chi connectivity index (χ2v) is 7.21. The molecule has 0 heterocycles. The zero-order chi connectivity index (χ0) is 11.6. The molecule has 3 unspecified atom stereocenters. The summed E-state index contributed by atoms with van der Waals surface area (Å²) in [5.74, 6) is 0.446. The zero-order valence-corrected chi connectivity index (χ0v) is 10.5. The van der Waals surface area contributed by atoms with Gasteiger partial charge in [0, 0.05) is 12.2 Å². The van der Waals surface area contributed by atoms with Crippen LogP contribution in [0.2, 0.25) is 0 Å². The molecular formula is C11H20O3S. The molecule has 0 aromatic heterocycles. The monoisotopic (exact) mass is 232 g/mol. The maximum Gasteiger partial charge on any atom is 0.157 e. The Morgan fingerprint density at radius 2 is 1.93 bits per heavy atom. The van der Waals surface area contributed by atoms with Gasteiger partial charge in [0.2, 0.25) is 0 Å². The van der Waals surface area contributed by atoms with E-state index in [1.807, 2.05) is 0 Å². The summed E-state index contributed by atoms with van der Waals surface area (Å²) in [6.45, 7) is 3.64. The molecule has 0 aromatic carbocycles. The Labute approximate surface area is 92.2 Å². The van der Waals surface area contributed by atoms with Crippen LogP contribution in [-0.4, -0.2) is 25.7 Å². The average Bonchev–Trinajstić information content (AvgIpc) is 2.14. The van der Waals surface area contributed by atoms with Gasteiger partial charge in [-0.1, -0.05) is 19.8 Å². The largest absolute Gasteiger partial charge is 0.298 e. The van der Waals surface area contributed by atoms with Gasteiger partial charge < -0.3 is 0 Å². The minimum atomic E-state index is -3.22. The van der Waals surface area contributed by atoms with Gasteiger partial charge in [0.25, 0.3) is 0 Å². The zero-order valence-electron chi connectivity index (χ0n) is 9.69. The van der Waals surface area contributed by atoms with Crippen molar-refractivity contribution in [3.05, 3.63) is 0 Å². The van der Waals surface area contributed by atoms with E-state index >= 15 is 0 Å². The quantitative estimate of drug-likeness (QED) is 0.745. The van der Waals surface area contributed by atoms with Crippen molar-refractivity contribution in [1.29, 1.82) is 0 Å². The first-order valence-corrected chi connectivity index (χ1v) is 7.50. The first kappa shape index (κ1) is 12.7. The fraction of sp³-hybridized carbons (Fsp3) is 0.909. The Hall–Kier alpha value is -0.380. The van der Waals surface area contributed by atoms with Crippen LogP contribution in [0.1, 0.15) is 39.5 Å². The molecular weight excluding hydrogens is 212 g/mol. The van der Waals surface area contributed by atoms with Gasteiger partial charge >= 0.3 is 0 Å². The van der Waals surface area contributed by atoms with Crippen LogP contribution in [0, 0.1) is 11.8 Å². The van der Waals surface area contributed by atoms with Crippen molar-refractivity contribution in [2.24, 2.45) is 11.8 Å². The van der Waals surface area contributed by atoms with Gasteiger partial charge in [-0.3, -0.25) is 4.79 Å². The van der Waals surface area contributed by atoms with Gasteiger partial charge in [0.15, 0.2) is 15.6 Å². The fourth-order valence-electron chi connectivity index (χ4n) is 2.24. The Morgan fingerprint density at radius 1 is 1.33 bits per heavy atom. The van der Waals surface area contributed by atoms with E-state index in [2.05, 4.69) is 6.92 Å². The molecule has 0 amide bonds. The molecule has 1 saturated carbocycles. The predicted molar refractivity (Wildman–Crippen MR) is 60.4 cm³/mol. The summed E-state index contributed by atoms with van der Waals surface area (Å²) in [7, 11) is -3.22. The highest BCUT2D eigenvalue weighted by Crippen LogP contribution is 2.30. The summed E-state index contributed by atoms with van der Waals surface area (Å²) in [5, 5.41) is -0.826. The van der Waals surface area contributed by atoms with Crippen LogP contribution in [0.4, 0.5) is 0 Å². The molecule has 88 valence electrons. The molecule has 1 aliphatic carbocycles. The van der Waals surface area contributed by atoms with Gasteiger partial charge in [-0.25, -0.2) is 8.42 Å². The van der Waals surface area contributed by atoms with Crippen molar-refractivity contribution in [2.75, 3.05) is 6.26 Å². The van der Waals surface area contributed by atoms with Crippen molar-refractivity contribution in [3.8, 4) is 0 Å². The van der Waals surface area contributed by atoms with Crippen LogP contribution in [0.15, 0.2) is 0 Å². The van der Waals surface area contributed by atoms with Gasteiger partial charge in [-0.15, -0.1) is 0 Å². The summed E-state index contributed by atoms with van der Waals surface area (Å²) < 4.78 is 22.6. The number of ketones is 1. The molecule has 0 bridgehead atoms. The molecule has 0 radical (unpaired) electrons. The van der Waals surface area contributed by atoms with Gasteiger partial charge in [0.1, 0.15) is 5.25 Å². The van der Waals surface area contributed by atoms with Crippen molar-refractivity contribution in [1.82, 2.24) is 0 Å². The van der Waals surface area contributed by atoms with E-state index in [9.17, 15) is 13.2 Å². The van der Waals surface area contributed by atoms with E-state index in [0.29, 0.717) is 5.92 Å². The first-order valence-electron chi connectivity index (χ1n) is 5.55. The predicted octanol–water partition coefficient (Wildman–Crippen LogP) is 1.81. The van der Waals surface area contributed by atoms with E-state index in [0.717, 1.165) is 31.9 Å². The molecule has 1 aliphatic rings. The van der Waals surface area contributed by atoms with Crippen LogP contribution in [0.25, 0.3) is 0 Å². The van der Waals surface area contributed by atoms with Crippen LogP contribution in [-0.2, 0) is 14.6 Å². The Kier molecular flexibility index (Phi) is 3.93. The van der Waals surface area contributed by atoms with Gasteiger partial charge in [-0.05, 0) is 25.7 Å². The third kappa shape index (κ3) is 3.30. The standard InChI is InChI=1S/C11H20O3S/c1-8-5-4-6-10(7-8)11(12)9(2)15(3,13)14/h8-10H,4-7H2,1-3H3. The molecule has 0 aromatic rings. The van der Waals surface area contributed by atoms with E-state index in [1.54, 1.807) is 0 Å². The second kappa shape index (κ2) is 4.64. The number of sulfone groups is 1. The normalized spacial score (nSPS) is 29.8. The minimum Gasteiger partial charge on any atom is -0.298 e. The van der Waals surface area contributed by atoms with Gasteiger partial charge in [0.05, 0.1) is 0 Å². The molecule has 4 heteroatoms. The Bertz CT molecular complexity index is 332. The lowest BCUT2D eigenvalue weighted by molar-refractivity contribution is -0.123. The molecule has 0 saturated heterocycles. The first-order chi connectivity index (χ1) is 6.82. The maximum atomic E-state index is 11.9. The molecule has 0 aliphatic heterocycles. The fourth-order valence-corrected chi connectivity index (χ4v) is 2.85.